The largest absolute Gasteiger partial charge is 0.426 e. The highest BCUT2D eigenvalue weighted by atomic mass is 35.5. The Balaban J connectivity index is 1.72. The van der Waals surface area contributed by atoms with Gasteiger partial charge in [0.15, 0.2) is 0 Å². The molecule has 4 heteroatoms. The van der Waals surface area contributed by atoms with Crippen LogP contribution in [0, 0.1) is 5.41 Å². The van der Waals surface area contributed by atoms with Crippen LogP contribution in [0.2, 0.25) is 5.02 Å². The van der Waals surface area contributed by atoms with Crippen LogP contribution in [-0.2, 0) is 11.2 Å². The first-order valence-corrected chi connectivity index (χ1v) is 11.5. The summed E-state index contributed by atoms with van der Waals surface area (Å²) in [6, 6.07) is 22.0. The number of aliphatic hydroxyl groups excluding tert-OH is 1. The molecule has 0 saturated heterocycles. The van der Waals surface area contributed by atoms with Crippen LogP contribution >= 0.6 is 11.6 Å². The van der Waals surface area contributed by atoms with Crippen LogP contribution < -0.4 is 4.74 Å². The van der Waals surface area contributed by atoms with Crippen molar-refractivity contribution in [2.75, 3.05) is 6.61 Å². The van der Waals surface area contributed by atoms with Crippen LogP contribution in [0.5, 0.6) is 5.75 Å². The normalized spacial score (nSPS) is 11.4. The first kappa shape index (κ1) is 24.0. The lowest BCUT2D eigenvalue weighted by molar-refractivity contribution is -0.146. The Morgan fingerprint density at radius 3 is 2.12 bits per heavy atom. The molecule has 3 rings (SSSR count). The van der Waals surface area contributed by atoms with E-state index in [4.69, 9.17) is 16.3 Å². The zero-order valence-electron chi connectivity index (χ0n) is 19.0. The van der Waals surface area contributed by atoms with Crippen molar-refractivity contribution in [1.29, 1.82) is 0 Å². The molecule has 0 bridgehead atoms. The summed E-state index contributed by atoms with van der Waals surface area (Å²) in [7, 11) is 0. The highest BCUT2D eigenvalue weighted by Crippen LogP contribution is 2.33. The summed E-state index contributed by atoms with van der Waals surface area (Å²) in [4.78, 5) is 12.1. The number of carbonyl (C=O) groups excluding carboxylic acids is 1. The molecule has 0 fully saturated rings. The van der Waals surface area contributed by atoms with E-state index >= 15 is 0 Å². The number of ether oxygens (including phenoxy) is 1. The van der Waals surface area contributed by atoms with E-state index in [1.165, 1.54) is 24.8 Å². The molecule has 32 heavy (non-hydrogen) atoms. The molecule has 3 aromatic rings. The summed E-state index contributed by atoms with van der Waals surface area (Å²) in [5, 5.41) is 9.98. The van der Waals surface area contributed by atoms with Crippen LogP contribution in [0.15, 0.2) is 66.7 Å². The second-order valence-corrected chi connectivity index (χ2v) is 9.21. The highest BCUT2D eigenvalue weighted by Gasteiger charge is 2.29. The minimum atomic E-state index is -0.939. The standard InChI is InChI=1S/C28H31ClO3/c1-4-5-6-7-20-8-10-21(11-9-20)23-14-17-25(26(29)18-23)22-12-15-24(16-13-22)32-27(31)28(2,3)19-30/h8-18,30H,4-7,19H2,1-3H3. The molecule has 0 aliphatic carbocycles. The topological polar surface area (TPSA) is 46.5 Å². The molecule has 168 valence electrons. The summed E-state index contributed by atoms with van der Waals surface area (Å²) in [5.41, 5.74) is 4.51. The van der Waals surface area contributed by atoms with Gasteiger partial charge in [-0.3, -0.25) is 4.79 Å². The number of rotatable bonds is 9. The third-order valence-corrected chi connectivity index (χ3v) is 5.96. The van der Waals surface area contributed by atoms with Gasteiger partial charge < -0.3 is 9.84 Å². The van der Waals surface area contributed by atoms with Crippen molar-refractivity contribution in [1.82, 2.24) is 0 Å². The summed E-state index contributed by atoms with van der Waals surface area (Å²) in [5.74, 6) is -0.0291. The van der Waals surface area contributed by atoms with Crippen LogP contribution in [0.25, 0.3) is 22.3 Å². The molecule has 0 aliphatic rings. The number of benzene rings is 3. The number of aliphatic hydroxyl groups is 1. The zero-order valence-corrected chi connectivity index (χ0v) is 19.8. The van der Waals surface area contributed by atoms with Gasteiger partial charge in [0.05, 0.1) is 12.0 Å². The Labute approximate surface area is 196 Å². The maximum Gasteiger partial charge on any atom is 0.319 e. The number of unbranched alkanes of at least 4 members (excludes halogenated alkanes) is 2. The van der Waals surface area contributed by atoms with Gasteiger partial charge in [-0.05, 0) is 67.1 Å². The van der Waals surface area contributed by atoms with Crippen molar-refractivity contribution in [2.24, 2.45) is 5.41 Å². The molecule has 1 N–H and O–H groups in total. The Hall–Kier alpha value is -2.62. The number of halogens is 1. The van der Waals surface area contributed by atoms with Gasteiger partial charge in [0.25, 0.3) is 0 Å². The summed E-state index contributed by atoms with van der Waals surface area (Å²) in [6.07, 6.45) is 4.85. The van der Waals surface area contributed by atoms with Gasteiger partial charge in [-0.25, -0.2) is 0 Å². The van der Waals surface area contributed by atoms with E-state index in [2.05, 4.69) is 37.3 Å². The highest BCUT2D eigenvalue weighted by molar-refractivity contribution is 6.33. The smallest absolute Gasteiger partial charge is 0.319 e. The quantitative estimate of drug-likeness (QED) is 0.211. The van der Waals surface area contributed by atoms with Gasteiger partial charge in [0.2, 0.25) is 0 Å². The molecule has 0 amide bonds. The van der Waals surface area contributed by atoms with Crippen LogP contribution in [0.1, 0.15) is 45.6 Å². The number of aryl methyl sites for hydroxylation is 1. The second-order valence-electron chi connectivity index (χ2n) is 8.80. The van der Waals surface area contributed by atoms with E-state index in [-0.39, 0.29) is 6.61 Å². The maximum atomic E-state index is 12.1. The Bertz CT molecular complexity index is 1040. The molecule has 3 nitrogen and oxygen atoms in total. The third kappa shape index (κ3) is 5.99. The van der Waals surface area contributed by atoms with E-state index in [9.17, 15) is 9.90 Å². The fraction of sp³-hybridized carbons (Fsp3) is 0.321. The van der Waals surface area contributed by atoms with Gasteiger partial charge >= 0.3 is 5.97 Å². The summed E-state index contributed by atoms with van der Waals surface area (Å²) in [6.45, 7) is 5.24. The predicted octanol–water partition coefficient (Wildman–Crippen LogP) is 7.33. The van der Waals surface area contributed by atoms with Crippen LogP contribution in [0.4, 0.5) is 0 Å². The minimum Gasteiger partial charge on any atom is -0.426 e. The molecule has 0 aliphatic heterocycles. The zero-order chi connectivity index (χ0) is 23.1. The van der Waals surface area contributed by atoms with Gasteiger partial charge in [0, 0.05) is 10.6 Å². The van der Waals surface area contributed by atoms with E-state index in [0.29, 0.717) is 10.8 Å². The molecular weight excluding hydrogens is 420 g/mol. The SMILES string of the molecule is CCCCCc1ccc(-c2ccc(-c3ccc(OC(=O)C(C)(C)CO)cc3)c(Cl)c2)cc1. The molecule has 0 radical (unpaired) electrons. The van der Waals surface area contributed by atoms with Crippen LogP contribution in [-0.4, -0.2) is 17.7 Å². The lowest BCUT2D eigenvalue weighted by atomic mass is 9.95. The van der Waals surface area contributed by atoms with Gasteiger partial charge in [-0.15, -0.1) is 0 Å². The van der Waals surface area contributed by atoms with E-state index < -0.39 is 11.4 Å². The minimum absolute atomic E-state index is 0.270. The summed E-state index contributed by atoms with van der Waals surface area (Å²) < 4.78 is 5.38. The molecule has 0 atom stereocenters. The molecule has 0 aromatic heterocycles. The van der Waals surface area contributed by atoms with Crippen molar-refractivity contribution in [2.45, 2.75) is 46.5 Å². The van der Waals surface area contributed by atoms with Crippen molar-refractivity contribution < 1.29 is 14.6 Å². The lowest BCUT2D eigenvalue weighted by Gasteiger charge is -2.19. The average Bonchev–Trinajstić information content (AvgIpc) is 2.80. The van der Waals surface area contributed by atoms with Gasteiger partial charge in [-0.1, -0.05) is 79.9 Å². The molecule has 0 heterocycles. The summed E-state index contributed by atoms with van der Waals surface area (Å²) >= 11 is 6.62. The number of esters is 1. The molecular formula is C28H31ClO3. The fourth-order valence-corrected chi connectivity index (χ4v) is 3.67. The fourth-order valence-electron chi connectivity index (χ4n) is 3.38. The first-order chi connectivity index (χ1) is 15.3. The Kier molecular flexibility index (Phi) is 8.11. The Morgan fingerprint density at radius 1 is 0.906 bits per heavy atom. The first-order valence-electron chi connectivity index (χ1n) is 11.2. The molecule has 3 aromatic carbocycles. The van der Waals surface area contributed by atoms with E-state index in [1.807, 2.05) is 24.3 Å². The third-order valence-electron chi connectivity index (χ3n) is 5.65. The number of carbonyl (C=O) groups is 1. The Morgan fingerprint density at radius 2 is 1.53 bits per heavy atom. The van der Waals surface area contributed by atoms with Crippen molar-refractivity contribution in [3.05, 3.63) is 77.3 Å². The van der Waals surface area contributed by atoms with E-state index in [0.717, 1.165) is 28.7 Å². The number of hydrogen-bond donors (Lipinski definition) is 1. The molecule has 0 saturated carbocycles. The second kappa shape index (κ2) is 10.8. The maximum absolute atomic E-state index is 12.1. The van der Waals surface area contributed by atoms with E-state index in [1.54, 1.807) is 26.0 Å². The van der Waals surface area contributed by atoms with Gasteiger partial charge in [-0.2, -0.15) is 0 Å². The monoisotopic (exact) mass is 450 g/mol. The van der Waals surface area contributed by atoms with Crippen molar-refractivity contribution in [3.8, 4) is 28.0 Å². The van der Waals surface area contributed by atoms with Crippen molar-refractivity contribution >= 4 is 17.6 Å². The average molecular weight is 451 g/mol. The predicted molar refractivity (Wildman–Crippen MR) is 132 cm³/mol. The van der Waals surface area contributed by atoms with Crippen molar-refractivity contribution in [3.63, 3.8) is 0 Å². The molecule has 0 spiro atoms. The number of hydrogen-bond acceptors (Lipinski definition) is 3. The lowest BCUT2D eigenvalue weighted by Crippen LogP contribution is -2.32. The van der Waals surface area contributed by atoms with Crippen LogP contribution in [0.3, 0.4) is 0 Å². The van der Waals surface area contributed by atoms with Gasteiger partial charge in [0.1, 0.15) is 5.75 Å². The molecule has 0 unspecified atom stereocenters.